The van der Waals surface area contributed by atoms with E-state index in [-0.39, 0.29) is 0 Å². The fourth-order valence-electron chi connectivity index (χ4n) is 2.43. The highest BCUT2D eigenvalue weighted by molar-refractivity contribution is 6.00. The van der Waals surface area contributed by atoms with Gasteiger partial charge in [0.15, 0.2) is 0 Å². The molecular formula is C17H16N2. The van der Waals surface area contributed by atoms with Crippen LogP contribution in [0.25, 0.3) is 22.0 Å². The molecule has 2 aromatic carbocycles. The topological polar surface area (TPSA) is 38.9 Å². The van der Waals surface area contributed by atoms with Crippen LogP contribution < -0.4 is 5.73 Å². The van der Waals surface area contributed by atoms with E-state index in [4.69, 9.17) is 5.73 Å². The monoisotopic (exact) mass is 248 g/mol. The number of hydrogen-bond donors (Lipinski definition) is 1. The zero-order chi connectivity index (χ0) is 13.4. The molecule has 1 aromatic heterocycles. The van der Waals surface area contributed by atoms with Crippen molar-refractivity contribution in [1.82, 2.24) is 4.98 Å². The maximum atomic E-state index is 6.33. The number of nitrogen functional groups attached to an aromatic ring is 1. The molecule has 0 unspecified atom stereocenters. The molecule has 0 fully saturated rings. The average Bonchev–Trinajstić information content (AvgIpc) is 2.43. The molecule has 2 heteroatoms. The van der Waals surface area contributed by atoms with Crippen molar-refractivity contribution in [3.05, 3.63) is 59.8 Å². The van der Waals surface area contributed by atoms with E-state index in [1.807, 2.05) is 37.3 Å². The Morgan fingerprint density at radius 1 is 0.895 bits per heavy atom. The second kappa shape index (κ2) is 4.39. The second-order valence-electron chi connectivity index (χ2n) is 4.87. The van der Waals surface area contributed by atoms with Crippen molar-refractivity contribution in [2.45, 2.75) is 13.8 Å². The predicted octanol–water partition coefficient (Wildman–Crippen LogP) is 4.10. The number of hydrogen-bond acceptors (Lipinski definition) is 2. The lowest BCUT2D eigenvalue weighted by Crippen LogP contribution is -1.98. The molecule has 0 saturated carbocycles. The smallest absolute Gasteiger partial charge is 0.0940 e. The van der Waals surface area contributed by atoms with E-state index < -0.39 is 0 Å². The highest BCUT2D eigenvalue weighted by Crippen LogP contribution is 2.32. The van der Waals surface area contributed by atoms with E-state index in [1.165, 1.54) is 5.56 Å². The number of aryl methyl sites for hydroxylation is 2. The first-order valence-electron chi connectivity index (χ1n) is 6.38. The largest absolute Gasteiger partial charge is 0.396 e. The number of nitrogens with zero attached hydrogens (tertiary/aromatic N) is 1. The van der Waals surface area contributed by atoms with E-state index >= 15 is 0 Å². The maximum absolute atomic E-state index is 6.33. The fraction of sp³-hybridized carbons (Fsp3) is 0.118. The SMILES string of the molecule is Cc1ccc2c(C)nc(-c3ccccc3)c(N)c2c1. The summed E-state index contributed by atoms with van der Waals surface area (Å²) in [7, 11) is 0. The second-order valence-corrected chi connectivity index (χ2v) is 4.87. The van der Waals surface area contributed by atoms with Crippen LogP contribution in [0.2, 0.25) is 0 Å². The van der Waals surface area contributed by atoms with Crippen molar-refractivity contribution in [2.75, 3.05) is 5.73 Å². The minimum Gasteiger partial charge on any atom is -0.396 e. The molecule has 0 radical (unpaired) electrons. The Labute approximate surface area is 112 Å². The number of anilines is 1. The molecule has 2 N–H and O–H groups in total. The van der Waals surface area contributed by atoms with Gasteiger partial charge in [-0.1, -0.05) is 48.0 Å². The summed E-state index contributed by atoms with van der Waals surface area (Å²) in [6.07, 6.45) is 0. The van der Waals surface area contributed by atoms with Crippen molar-refractivity contribution in [3.63, 3.8) is 0 Å². The first-order valence-corrected chi connectivity index (χ1v) is 6.38. The summed E-state index contributed by atoms with van der Waals surface area (Å²) in [5.41, 5.74) is 11.2. The van der Waals surface area contributed by atoms with E-state index in [9.17, 15) is 0 Å². The normalized spacial score (nSPS) is 10.8. The van der Waals surface area contributed by atoms with Gasteiger partial charge in [0.2, 0.25) is 0 Å². The Kier molecular flexibility index (Phi) is 2.71. The van der Waals surface area contributed by atoms with Crippen LogP contribution in [0, 0.1) is 13.8 Å². The van der Waals surface area contributed by atoms with E-state index in [0.717, 1.165) is 33.4 Å². The summed E-state index contributed by atoms with van der Waals surface area (Å²) in [4.78, 5) is 4.68. The molecule has 0 aliphatic rings. The molecule has 19 heavy (non-hydrogen) atoms. The molecule has 3 aromatic rings. The van der Waals surface area contributed by atoms with Crippen LogP contribution in [0.15, 0.2) is 48.5 Å². The number of aromatic nitrogens is 1. The van der Waals surface area contributed by atoms with Gasteiger partial charge in [0.05, 0.1) is 11.4 Å². The van der Waals surface area contributed by atoms with Gasteiger partial charge in [-0.05, 0) is 19.9 Å². The Hall–Kier alpha value is -2.35. The lowest BCUT2D eigenvalue weighted by Gasteiger charge is -2.11. The fourth-order valence-corrected chi connectivity index (χ4v) is 2.43. The Morgan fingerprint density at radius 3 is 2.37 bits per heavy atom. The number of pyridine rings is 1. The molecular weight excluding hydrogens is 232 g/mol. The zero-order valence-electron chi connectivity index (χ0n) is 11.1. The molecule has 0 bridgehead atoms. The molecule has 0 spiro atoms. The molecule has 0 saturated heterocycles. The third-order valence-electron chi connectivity index (χ3n) is 3.44. The lowest BCUT2D eigenvalue weighted by molar-refractivity contribution is 1.24. The van der Waals surface area contributed by atoms with Gasteiger partial charge in [0, 0.05) is 22.0 Å². The van der Waals surface area contributed by atoms with Crippen molar-refractivity contribution in [2.24, 2.45) is 0 Å². The van der Waals surface area contributed by atoms with Gasteiger partial charge in [-0.3, -0.25) is 4.98 Å². The molecule has 0 atom stereocenters. The zero-order valence-corrected chi connectivity index (χ0v) is 11.1. The molecule has 94 valence electrons. The number of nitrogens with two attached hydrogens (primary N) is 1. The van der Waals surface area contributed by atoms with E-state index in [2.05, 4.69) is 30.1 Å². The highest BCUT2D eigenvalue weighted by Gasteiger charge is 2.10. The predicted molar refractivity (Wildman–Crippen MR) is 81.1 cm³/mol. The Morgan fingerprint density at radius 2 is 1.63 bits per heavy atom. The van der Waals surface area contributed by atoms with Crippen molar-refractivity contribution in [3.8, 4) is 11.3 Å². The van der Waals surface area contributed by atoms with Gasteiger partial charge >= 0.3 is 0 Å². The summed E-state index contributed by atoms with van der Waals surface area (Å²) < 4.78 is 0. The standard InChI is InChI=1S/C17H16N2/c1-11-8-9-14-12(2)19-17(16(18)15(14)10-11)13-6-4-3-5-7-13/h3-10H,18H2,1-2H3. The average molecular weight is 248 g/mol. The third kappa shape index (κ3) is 1.95. The number of rotatable bonds is 1. The first kappa shape index (κ1) is 11.7. The summed E-state index contributed by atoms with van der Waals surface area (Å²) in [5, 5.41) is 2.22. The van der Waals surface area contributed by atoms with Gasteiger partial charge in [-0.25, -0.2) is 0 Å². The quantitative estimate of drug-likeness (QED) is 0.704. The van der Waals surface area contributed by atoms with Crippen molar-refractivity contribution in [1.29, 1.82) is 0 Å². The molecule has 2 nitrogen and oxygen atoms in total. The van der Waals surface area contributed by atoms with Crippen LogP contribution in [-0.2, 0) is 0 Å². The molecule has 0 aliphatic heterocycles. The van der Waals surface area contributed by atoms with Gasteiger partial charge in [0.1, 0.15) is 0 Å². The van der Waals surface area contributed by atoms with E-state index in [0.29, 0.717) is 0 Å². The van der Waals surface area contributed by atoms with Crippen LogP contribution in [0.3, 0.4) is 0 Å². The summed E-state index contributed by atoms with van der Waals surface area (Å²) >= 11 is 0. The van der Waals surface area contributed by atoms with Gasteiger partial charge in [-0.2, -0.15) is 0 Å². The molecule has 3 rings (SSSR count). The maximum Gasteiger partial charge on any atom is 0.0940 e. The van der Waals surface area contributed by atoms with Crippen LogP contribution >= 0.6 is 0 Å². The lowest BCUT2D eigenvalue weighted by atomic mass is 10.0. The van der Waals surface area contributed by atoms with Gasteiger partial charge < -0.3 is 5.73 Å². The third-order valence-corrected chi connectivity index (χ3v) is 3.44. The molecule has 0 amide bonds. The Balaban J connectivity index is 2.36. The number of benzene rings is 2. The molecule has 0 aliphatic carbocycles. The van der Waals surface area contributed by atoms with Gasteiger partial charge in [-0.15, -0.1) is 0 Å². The highest BCUT2D eigenvalue weighted by atomic mass is 14.8. The summed E-state index contributed by atoms with van der Waals surface area (Å²) in [6, 6.07) is 16.4. The first-order chi connectivity index (χ1) is 9.16. The van der Waals surface area contributed by atoms with Crippen molar-refractivity contribution >= 4 is 16.5 Å². The van der Waals surface area contributed by atoms with Crippen molar-refractivity contribution < 1.29 is 0 Å². The minimum absolute atomic E-state index is 0.760. The number of fused-ring (bicyclic) bond motifs is 1. The Bertz CT molecular complexity index is 746. The van der Waals surface area contributed by atoms with Gasteiger partial charge in [0.25, 0.3) is 0 Å². The van der Waals surface area contributed by atoms with Crippen LogP contribution in [0.5, 0.6) is 0 Å². The van der Waals surface area contributed by atoms with Crippen LogP contribution in [0.1, 0.15) is 11.3 Å². The molecule has 1 heterocycles. The summed E-state index contributed by atoms with van der Waals surface area (Å²) in [5.74, 6) is 0. The summed E-state index contributed by atoms with van der Waals surface area (Å²) in [6.45, 7) is 4.11. The van der Waals surface area contributed by atoms with E-state index in [1.54, 1.807) is 0 Å². The van der Waals surface area contributed by atoms with Crippen LogP contribution in [-0.4, -0.2) is 4.98 Å². The van der Waals surface area contributed by atoms with Crippen LogP contribution in [0.4, 0.5) is 5.69 Å². The minimum atomic E-state index is 0.760.